The van der Waals surface area contributed by atoms with Crippen LogP contribution in [0.25, 0.3) is 0 Å². The van der Waals surface area contributed by atoms with Gasteiger partial charge in [0.2, 0.25) is 0 Å². The minimum absolute atomic E-state index is 0. The van der Waals surface area contributed by atoms with Gasteiger partial charge in [0.15, 0.2) is 0 Å². The molecule has 2 N–H and O–H groups in total. The summed E-state index contributed by atoms with van der Waals surface area (Å²) in [7, 11) is 0. The van der Waals surface area contributed by atoms with Crippen LogP contribution in [0, 0.1) is 0 Å². The van der Waals surface area contributed by atoms with Crippen molar-refractivity contribution >= 4 is 162 Å². The van der Waals surface area contributed by atoms with E-state index < -0.39 is 18.5 Å². The Labute approximate surface area is 191 Å². The van der Waals surface area contributed by atoms with E-state index in [1.807, 2.05) is 0 Å². The molecule has 11 heteroatoms. The molecule has 0 aromatic heterocycles. The van der Waals surface area contributed by atoms with Crippen LogP contribution in [0.3, 0.4) is 0 Å². The largest absolute Gasteiger partial charge is 0.316 e. The molecule has 0 aromatic carbocycles. The quantitative estimate of drug-likeness (QED) is 0.214. The van der Waals surface area contributed by atoms with Gasteiger partial charge in [0.05, 0.1) is 0 Å². The van der Waals surface area contributed by atoms with E-state index in [1.165, 1.54) is 0 Å². The molecule has 0 aliphatic rings. The Morgan fingerprint density at radius 3 is 1.14 bits per heavy atom. The van der Waals surface area contributed by atoms with Crippen molar-refractivity contribution in [2.45, 2.75) is 0 Å². The number of hydrogen-bond acceptors (Lipinski definition) is 5. The van der Waals surface area contributed by atoms with Gasteiger partial charge in [-0.3, -0.25) is 0 Å². The van der Waals surface area contributed by atoms with Gasteiger partial charge >= 0.3 is 162 Å². The summed E-state index contributed by atoms with van der Waals surface area (Å²) in [5.41, 5.74) is 0. The number of hydrogen-bond donors (Lipinski definition) is 2. The molecule has 0 aliphatic heterocycles. The molecule has 0 saturated heterocycles. The molecular formula is C3H10Ba2Mg2O7. The number of rotatable bonds is 0. The second kappa shape index (κ2) is 18.3. The van der Waals surface area contributed by atoms with Crippen LogP contribution in [0.5, 0.6) is 0 Å². The molecule has 0 fully saturated rings. The maximum absolute atomic E-state index is 9.86. The molecule has 72 valence electrons. The number of carbonyl (C=O) groups is 3. The predicted molar refractivity (Wildman–Crippen MR) is 57.8 cm³/mol. The van der Waals surface area contributed by atoms with Crippen LogP contribution in [0.1, 0.15) is 0 Å². The summed E-state index contributed by atoms with van der Waals surface area (Å²) >= 11 is 0. The molecular weight excluding hydrogens is 471 g/mol. The molecule has 0 radical (unpaired) electrons. The van der Waals surface area contributed by atoms with Crippen molar-refractivity contribution in [1.29, 1.82) is 0 Å². The molecule has 0 rings (SSSR count). The number of carbonyl (C=O) groups excluding carboxylic acids is 1. The molecule has 7 nitrogen and oxygen atoms in total. The van der Waals surface area contributed by atoms with E-state index in [-0.39, 0.29) is 144 Å². The monoisotopic (exact) mass is 482 g/mol. The smallest absolute Gasteiger partial charge is 0.316 e. The maximum Gasteiger partial charge on any atom is 0.316 e. The van der Waals surface area contributed by atoms with E-state index >= 15 is 0 Å². The molecule has 0 aromatic rings. The first-order valence-electron chi connectivity index (χ1n) is 1.88. The van der Waals surface area contributed by atoms with E-state index in [0.29, 0.717) is 0 Å². The summed E-state index contributed by atoms with van der Waals surface area (Å²) in [5.74, 6) is 0. The number of carboxylic acid groups (broad SMARTS) is 2. The van der Waals surface area contributed by atoms with Crippen molar-refractivity contribution in [3.05, 3.63) is 0 Å². The number of ether oxygens (including phenoxy) is 2. The minimum atomic E-state index is -1.92. The zero-order chi connectivity index (χ0) is 8.15. The second-order valence-electron chi connectivity index (χ2n) is 0.986. The van der Waals surface area contributed by atoms with Gasteiger partial charge in [-0.15, -0.1) is 0 Å². The molecule has 0 aliphatic carbocycles. The van der Waals surface area contributed by atoms with Gasteiger partial charge in [0.25, 0.3) is 0 Å². The molecule has 0 spiro atoms. The zero-order valence-corrected chi connectivity index (χ0v) is 4.44. The van der Waals surface area contributed by atoms with Crippen LogP contribution in [0.2, 0.25) is 0 Å². The summed E-state index contributed by atoms with van der Waals surface area (Å²) in [5, 5.41) is 15.4. The summed E-state index contributed by atoms with van der Waals surface area (Å²) in [6.07, 6.45) is -5.64. The van der Waals surface area contributed by atoms with Crippen LogP contribution in [-0.2, 0) is 9.47 Å². The normalized spacial score (nSPS) is 5.71. The Morgan fingerprint density at radius 2 is 1.00 bits per heavy atom. The van der Waals surface area contributed by atoms with Gasteiger partial charge in [-0.25, -0.2) is 14.4 Å². The molecule has 0 amide bonds. The van der Waals surface area contributed by atoms with Gasteiger partial charge in [0, 0.05) is 0 Å². The van der Waals surface area contributed by atoms with Crippen LogP contribution in [0.15, 0.2) is 0 Å². The third kappa shape index (κ3) is 24.2. The van der Waals surface area contributed by atoms with E-state index in [2.05, 4.69) is 9.47 Å². The fourth-order valence-corrected chi connectivity index (χ4v) is 0.163. The zero-order valence-electron chi connectivity index (χ0n) is 4.44. The Balaban J connectivity index is -0.0000000675. The summed E-state index contributed by atoms with van der Waals surface area (Å²) in [4.78, 5) is 28.8. The van der Waals surface area contributed by atoms with Crippen molar-refractivity contribution in [1.82, 2.24) is 0 Å². The van der Waals surface area contributed by atoms with Crippen LogP contribution < -0.4 is 0 Å². The Morgan fingerprint density at radius 1 is 0.786 bits per heavy atom. The van der Waals surface area contributed by atoms with Crippen LogP contribution >= 0.6 is 0 Å². The third-order valence-corrected chi connectivity index (χ3v) is 0.341. The van der Waals surface area contributed by atoms with Crippen molar-refractivity contribution in [3.63, 3.8) is 0 Å². The molecule has 14 heavy (non-hydrogen) atoms. The standard InChI is InChI=1S/C3H2O7.2Ba.2Mg.8H/c4-1(5)9-3(8)10-2(6)7;;;;;;;;;;;;/h(H,4,5)(H,6,7);;;;;;;;;;;;. The first kappa shape index (κ1) is 30.2. The maximum atomic E-state index is 9.86. The molecule has 0 heterocycles. The van der Waals surface area contributed by atoms with Crippen LogP contribution in [-0.4, -0.2) is 173 Å². The fourth-order valence-electron chi connectivity index (χ4n) is 0.163. The van der Waals surface area contributed by atoms with Crippen molar-refractivity contribution < 1.29 is 34.1 Å². The van der Waals surface area contributed by atoms with Crippen molar-refractivity contribution in [2.75, 3.05) is 0 Å². The molecule has 0 unspecified atom stereocenters. The first-order chi connectivity index (χ1) is 4.52. The fraction of sp³-hybridized carbons (Fsp3) is 0. The van der Waals surface area contributed by atoms with Gasteiger partial charge in [-0.1, -0.05) is 0 Å². The van der Waals surface area contributed by atoms with E-state index in [1.54, 1.807) is 0 Å². The van der Waals surface area contributed by atoms with E-state index in [4.69, 9.17) is 10.2 Å². The average molecular weight is 481 g/mol. The SMILES string of the molecule is O=C(O)OC(=O)OC(=O)O.[BaH2].[BaH2].[MgH2].[MgH2]. The molecule has 0 saturated carbocycles. The van der Waals surface area contributed by atoms with Crippen molar-refractivity contribution in [2.24, 2.45) is 0 Å². The summed E-state index contributed by atoms with van der Waals surface area (Å²) < 4.78 is 6.47. The topological polar surface area (TPSA) is 110 Å². The predicted octanol–water partition coefficient (Wildman–Crippen LogP) is -3.17. The Bertz CT molecular complexity index is 168. The summed E-state index contributed by atoms with van der Waals surface area (Å²) in [6, 6.07) is 0. The molecule has 0 bridgehead atoms. The first-order valence-corrected chi connectivity index (χ1v) is 1.88. The summed E-state index contributed by atoms with van der Waals surface area (Å²) in [6.45, 7) is 0. The minimum Gasteiger partial charge on any atom is 0.316 e. The van der Waals surface area contributed by atoms with Gasteiger partial charge < -0.3 is 19.7 Å². The Kier molecular flexibility index (Phi) is 39.3. The third-order valence-electron chi connectivity index (χ3n) is 0.341. The van der Waals surface area contributed by atoms with Gasteiger partial charge in [-0.2, -0.15) is 0 Å². The molecule has 0 atom stereocenters. The van der Waals surface area contributed by atoms with E-state index in [9.17, 15) is 14.4 Å². The van der Waals surface area contributed by atoms with E-state index in [0.717, 1.165) is 0 Å². The average Bonchev–Trinajstić information content (AvgIpc) is 1.58. The van der Waals surface area contributed by atoms with Crippen LogP contribution in [0.4, 0.5) is 14.4 Å². The second-order valence-corrected chi connectivity index (χ2v) is 0.986. The van der Waals surface area contributed by atoms with Gasteiger partial charge in [-0.05, 0) is 0 Å². The van der Waals surface area contributed by atoms with Gasteiger partial charge in [0.1, 0.15) is 0 Å². The van der Waals surface area contributed by atoms with Crippen molar-refractivity contribution in [3.8, 4) is 0 Å². The Hall–Kier alpha value is 2.89.